The van der Waals surface area contributed by atoms with Crippen molar-refractivity contribution in [3.63, 3.8) is 0 Å². The SMILES string of the molecule is O=C1C[C@@H]2[C@@H](CC[C@H](O)COc3ccccc3)[C@H](OC(=O)c3ccccc3)C[C@@H]2O1. The standard InChI is InChI=1S/C24H26O6/c25-17(15-28-18-9-5-2-6-10-18)11-12-19-20-13-23(26)29-22(20)14-21(19)30-24(27)16-7-3-1-4-8-16/h1-10,17,19-22,25H,11-15H2/t17-,19+,20+,21+,22-/m0/s1. The van der Waals surface area contributed by atoms with Crippen LogP contribution < -0.4 is 4.74 Å². The van der Waals surface area contributed by atoms with E-state index in [2.05, 4.69) is 0 Å². The summed E-state index contributed by atoms with van der Waals surface area (Å²) in [5, 5.41) is 10.4. The first-order chi connectivity index (χ1) is 14.6. The second-order valence-electron chi connectivity index (χ2n) is 7.96. The van der Waals surface area contributed by atoms with Gasteiger partial charge in [-0.1, -0.05) is 36.4 Å². The number of para-hydroxylation sites is 1. The second kappa shape index (κ2) is 9.30. The Labute approximate surface area is 175 Å². The minimum absolute atomic E-state index is 0.0216. The number of aliphatic hydroxyl groups is 1. The number of carbonyl (C=O) groups excluding carboxylic acids is 2. The van der Waals surface area contributed by atoms with E-state index in [1.807, 2.05) is 36.4 Å². The van der Waals surface area contributed by atoms with Crippen molar-refractivity contribution in [2.75, 3.05) is 6.61 Å². The fraction of sp³-hybridized carbons (Fsp3) is 0.417. The number of esters is 2. The summed E-state index contributed by atoms with van der Waals surface area (Å²) in [6, 6.07) is 18.2. The highest BCUT2D eigenvalue weighted by atomic mass is 16.6. The number of hydrogen-bond donors (Lipinski definition) is 1. The van der Waals surface area contributed by atoms with Crippen LogP contribution in [0.4, 0.5) is 0 Å². The predicted octanol–water partition coefficient (Wildman–Crippen LogP) is 3.38. The van der Waals surface area contributed by atoms with Gasteiger partial charge < -0.3 is 19.3 Å². The van der Waals surface area contributed by atoms with E-state index < -0.39 is 6.10 Å². The first-order valence-corrected chi connectivity index (χ1v) is 10.4. The Kier molecular flexibility index (Phi) is 6.33. The van der Waals surface area contributed by atoms with Gasteiger partial charge in [0.2, 0.25) is 0 Å². The van der Waals surface area contributed by atoms with Crippen LogP contribution in [0.2, 0.25) is 0 Å². The van der Waals surface area contributed by atoms with Gasteiger partial charge in [0.25, 0.3) is 0 Å². The lowest BCUT2D eigenvalue weighted by molar-refractivity contribution is -0.141. The molecular weight excluding hydrogens is 384 g/mol. The van der Waals surface area contributed by atoms with Gasteiger partial charge >= 0.3 is 11.9 Å². The molecule has 2 fully saturated rings. The molecule has 1 saturated carbocycles. The summed E-state index contributed by atoms with van der Waals surface area (Å²) in [4.78, 5) is 24.3. The van der Waals surface area contributed by atoms with Gasteiger partial charge in [0.05, 0.1) is 18.1 Å². The van der Waals surface area contributed by atoms with Crippen molar-refractivity contribution in [3.05, 3.63) is 66.2 Å². The summed E-state index contributed by atoms with van der Waals surface area (Å²) in [6.07, 6.45) is 0.782. The molecule has 0 amide bonds. The van der Waals surface area contributed by atoms with Crippen LogP contribution in [-0.4, -0.2) is 42.0 Å². The van der Waals surface area contributed by atoms with Gasteiger partial charge in [-0.05, 0) is 37.1 Å². The van der Waals surface area contributed by atoms with Crippen LogP contribution in [0.5, 0.6) is 5.75 Å². The number of aliphatic hydroxyl groups excluding tert-OH is 1. The second-order valence-corrected chi connectivity index (χ2v) is 7.96. The number of ether oxygens (including phenoxy) is 3. The molecular formula is C24H26O6. The highest BCUT2D eigenvalue weighted by Gasteiger charge is 2.51. The number of carbonyl (C=O) groups is 2. The molecule has 1 saturated heterocycles. The minimum Gasteiger partial charge on any atom is -0.491 e. The summed E-state index contributed by atoms with van der Waals surface area (Å²) in [5.74, 6) is 0.136. The zero-order chi connectivity index (χ0) is 20.9. The number of rotatable bonds is 8. The van der Waals surface area contributed by atoms with Gasteiger partial charge in [-0.2, -0.15) is 0 Å². The lowest BCUT2D eigenvalue weighted by atomic mass is 9.87. The lowest BCUT2D eigenvalue weighted by Crippen LogP contribution is -2.28. The van der Waals surface area contributed by atoms with Gasteiger partial charge in [-0.25, -0.2) is 4.79 Å². The Morgan fingerprint density at radius 3 is 2.53 bits per heavy atom. The molecule has 158 valence electrons. The quantitative estimate of drug-likeness (QED) is 0.672. The molecule has 0 aromatic heterocycles. The van der Waals surface area contributed by atoms with Gasteiger partial charge in [-0.15, -0.1) is 0 Å². The summed E-state index contributed by atoms with van der Waals surface area (Å²) in [7, 11) is 0. The van der Waals surface area contributed by atoms with Gasteiger partial charge in [0.1, 0.15) is 24.6 Å². The van der Waals surface area contributed by atoms with Gasteiger partial charge in [0.15, 0.2) is 0 Å². The molecule has 5 atom stereocenters. The van der Waals surface area contributed by atoms with Crippen molar-refractivity contribution in [3.8, 4) is 5.75 Å². The first-order valence-electron chi connectivity index (χ1n) is 10.4. The smallest absolute Gasteiger partial charge is 0.338 e. The molecule has 1 aliphatic heterocycles. The normalized spacial score (nSPS) is 26.0. The fourth-order valence-electron chi connectivity index (χ4n) is 4.45. The molecule has 0 spiro atoms. The summed E-state index contributed by atoms with van der Waals surface area (Å²) in [5.41, 5.74) is 0.501. The molecule has 0 bridgehead atoms. The van der Waals surface area contributed by atoms with E-state index in [1.54, 1.807) is 24.3 Å². The highest BCUT2D eigenvalue weighted by molar-refractivity contribution is 5.89. The highest BCUT2D eigenvalue weighted by Crippen LogP contribution is 2.45. The van der Waals surface area contributed by atoms with Crippen LogP contribution in [0, 0.1) is 11.8 Å². The van der Waals surface area contributed by atoms with E-state index in [0.29, 0.717) is 37.0 Å². The van der Waals surface area contributed by atoms with Crippen LogP contribution in [0.15, 0.2) is 60.7 Å². The molecule has 1 heterocycles. The van der Waals surface area contributed by atoms with E-state index in [0.717, 1.165) is 0 Å². The van der Waals surface area contributed by atoms with Crippen LogP contribution >= 0.6 is 0 Å². The molecule has 6 nitrogen and oxygen atoms in total. The predicted molar refractivity (Wildman–Crippen MR) is 109 cm³/mol. The molecule has 2 aromatic rings. The van der Waals surface area contributed by atoms with Crippen LogP contribution in [0.3, 0.4) is 0 Å². The van der Waals surface area contributed by atoms with Crippen molar-refractivity contribution in [2.24, 2.45) is 11.8 Å². The Morgan fingerprint density at radius 2 is 1.80 bits per heavy atom. The lowest BCUT2D eigenvalue weighted by Gasteiger charge is -2.24. The van der Waals surface area contributed by atoms with Crippen molar-refractivity contribution < 1.29 is 28.9 Å². The van der Waals surface area contributed by atoms with Crippen molar-refractivity contribution in [1.82, 2.24) is 0 Å². The Hall–Kier alpha value is -2.86. The largest absolute Gasteiger partial charge is 0.491 e. The van der Waals surface area contributed by atoms with E-state index >= 15 is 0 Å². The zero-order valence-electron chi connectivity index (χ0n) is 16.7. The van der Waals surface area contributed by atoms with Crippen molar-refractivity contribution in [1.29, 1.82) is 0 Å². The average molecular weight is 410 g/mol. The number of hydrogen-bond acceptors (Lipinski definition) is 6. The molecule has 6 heteroatoms. The molecule has 2 aromatic carbocycles. The third-order valence-electron chi connectivity index (χ3n) is 5.94. The third-order valence-corrected chi connectivity index (χ3v) is 5.94. The monoisotopic (exact) mass is 410 g/mol. The van der Waals surface area contributed by atoms with Crippen LogP contribution in [-0.2, 0) is 14.3 Å². The first kappa shape index (κ1) is 20.4. The Balaban J connectivity index is 1.35. The van der Waals surface area contributed by atoms with E-state index in [-0.39, 0.29) is 42.6 Å². The van der Waals surface area contributed by atoms with Gasteiger partial charge in [0, 0.05) is 18.3 Å². The van der Waals surface area contributed by atoms with Crippen molar-refractivity contribution >= 4 is 11.9 Å². The maximum atomic E-state index is 12.5. The molecule has 2 aliphatic rings. The molecule has 30 heavy (non-hydrogen) atoms. The van der Waals surface area contributed by atoms with E-state index in [9.17, 15) is 14.7 Å². The topological polar surface area (TPSA) is 82.1 Å². The number of fused-ring (bicyclic) bond motifs is 1. The summed E-state index contributed by atoms with van der Waals surface area (Å²) >= 11 is 0. The van der Waals surface area contributed by atoms with Gasteiger partial charge in [-0.3, -0.25) is 4.79 Å². The fourth-order valence-corrected chi connectivity index (χ4v) is 4.45. The molecule has 0 radical (unpaired) electrons. The molecule has 1 aliphatic carbocycles. The molecule has 4 rings (SSSR count). The third kappa shape index (κ3) is 4.82. The summed E-state index contributed by atoms with van der Waals surface area (Å²) < 4.78 is 16.8. The van der Waals surface area contributed by atoms with E-state index in [1.165, 1.54) is 0 Å². The Bertz CT molecular complexity index is 853. The van der Waals surface area contributed by atoms with E-state index in [4.69, 9.17) is 14.2 Å². The Morgan fingerprint density at radius 1 is 1.10 bits per heavy atom. The summed E-state index contributed by atoms with van der Waals surface area (Å²) in [6.45, 7) is 0.189. The molecule has 0 unspecified atom stereocenters. The maximum Gasteiger partial charge on any atom is 0.338 e. The van der Waals surface area contributed by atoms with Crippen molar-refractivity contribution in [2.45, 2.75) is 44.0 Å². The van der Waals surface area contributed by atoms with Crippen LogP contribution in [0.25, 0.3) is 0 Å². The maximum absolute atomic E-state index is 12.5. The molecule has 1 N–H and O–H groups in total. The minimum atomic E-state index is -0.646. The average Bonchev–Trinajstić information content (AvgIpc) is 3.27. The zero-order valence-corrected chi connectivity index (χ0v) is 16.7. The van der Waals surface area contributed by atoms with Crippen LogP contribution in [0.1, 0.15) is 36.0 Å². The number of benzene rings is 2.